The van der Waals surface area contributed by atoms with E-state index in [-0.39, 0.29) is 55.2 Å². The van der Waals surface area contributed by atoms with Crippen molar-refractivity contribution >= 4 is 17.7 Å². The molecule has 3 aliphatic rings. The second kappa shape index (κ2) is 14.2. The second-order valence-electron chi connectivity index (χ2n) is 11.9. The first-order chi connectivity index (χ1) is 22.2. The van der Waals surface area contributed by atoms with Crippen LogP contribution in [-0.2, 0) is 14.3 Å². The minimum Gasteiger partial charge on any atom is -0.508 e. The fourth-order valence-electron chi connectivity index (χ4n) is 7.38. The molecule has 4 N–H and O–H groups in total. The summed E-state index contributed by atoms with van der Waals surface area (Å²) in [6.45, 7) is 2.19. The van der Waals surface area contributed by atoms with Crippen molar-refractivity contribution in [2.45, 2.75) is 69.6 Å². The fourth-order valence-corrected chi connectivity index (χ4v) is 7.38. The Hall–Kier alpha value is -4.01. The molecule has 5 rings (SSSR count). The van der Waals surface area contributed by atoms with Crippen molar-refractivity contribution in [2.75, 3.05) is 34.0 Å². The van der Waals surface area contributed by atoms with Crippen LogP contribution in [0.2, 0.25) is 0 Å². The number of ether oxygens (including phenoxy) is 3. The number of aromatic hydroxyl groups is 1. The molecule has 46 heavy (non-hydrogen) atoms. The summed E-state index contributed by atoms with van der Waals surface area (Å²) in [6, 6.07) is 3.60. The zero-order valence-electron chi connectivity index (χ0n) is 26.3. The van der Waals surface area contributed by atoms with E-state index in [2.05, 4.69) is 21.5 Å². The highest BCUT2D eigenvalue weighted by Crippen LogP contribution is 2.62. The highest BCUT2D eigenvalue weighted by molar-refractivity contribution is 6.03. The van der Waals surface area contributed by atoms with Crippen LogP contribution in [0.3, 0.4) is 0 Å². The number of hydrogen-bond acceptors (Lipinski definition) is 13. The minimum absolute atomic E-state index is 0.00495. The minimum atomic E-state index is -2.04. The number of oxime groups is 1. The van der Waals surface area contributed by atoms with Gasteiger partial charge in [-0.1, -0.05) is 29.3 Å². The van der Waals surface area contributed by atoms with Crippen LogP contribution in [0.1, 0.15) is 90.4 Å². The Morgan fingerprint density at radius 2 is 1.80 bits per heavy atom. The fraction of sp³-hybridized carbons (Fsp3) is 0.594. The van der Waals surface area contributed by atoms with Crippen molar-refractivity contribution < 1.29 is 49.1 Å². The maximum Gasteiger partial charge on any atom is 0.361 e. The van der Waals surface area contributed by atoms with Gasteiger partial charge in [0.15, 0.2) is 5.69 Å². The number of aliphatic hydroxyl groups is 3. The Morgan fingerprint density at radius 1 is 1.09 bits per heavy atom. The number of allylic oxidation sites excluding steroid dienone is 1. The van der Waals surface area contributed by atoms with Gasteiger partial charge in [-0.25, -0.2) is 14.3 Å². The molecule has 1 fully saturated rings. The maximum atomic E-state index is 13.1. The molecule has 1 aromatic heterocycles. The van der Waals surface area contributed by atoms with E-state index >= 15 is 0 Å². The van der Waals surface area contributed by atoms with Crippen molar-refractivity contribution in [3.63, 3.8) is 0 Å². The summed E-state index contributed by atoms with van der Waals surface area (Å²) in [5.74, 6) is -4.71. The lowest BCUT2D eigenvalue weighted by Crippen LogP contribution is -2.62. The number of carbonyl (C=O) groups excluding carboxylic acids is 2. The molecule has 0 saturated heterocycles. The quantitative estimate of drug-likeness (QED) is 0.142. The highest BCUT2D eigenvalue weighted by atomic mass is 16.6. The van der Waals surface area contributed by atoms with Crippen LogP contribution in [0.4, 0.5) is 0 Å². The lowest BCUT2D eigenvalue weighted by atomic mass is 9.55. The molecule has 0 unspecified atom stereocenters. The van der Waals surface area contributed by atoms with E-state index in [4.69, 9.17) is 19.0 Å². The van der Waals surface area contributed by atoms with Crippen LogP contribution in [0.15, 0.2) is 35.0 Å². The van der Waals surface area contributed by atoms with Gasteiger partial charge < -0.3 is 39.5 Å². The van der Waals surface area contributed by atoms with Gasteiger partial charge in [0, 0.05) is 31.1 Å². The Morgan fingerprint density at radius 3 is 2.48 bits per heavy atom. The lowest BCUT2D eigenvalue weighted by Gasteiger charge is -2.56. The number of esters is 2. The van der Waals surface area contributed by atoms with Crippen molar-refractivity contribution in [3.8, 4) is 11.5 Å². The molecule has 0 spiro atoms. The molecule has 1 aromatic carbocycles. The molecular formula is C32H42N4O10. The van der Waals surface area contributed by atoms with E-state index in [1.165, 1.54) is 6.07 Å². The number of benzene rings is 1. The third kappa shape index (κ3) is 5.96. The first-order valence-electron chi connectivity index (χ1n) is 15.7. The predicted molar refractivity (Wildman–Crippen MR) is 162 cm³/mol. The SMILES string of the molecule is CCON=C1C[C@H](n2nnc(C(=O)OC)c2C(=O)OC)[C@@]2(O)Oc3ccc(O)cc3[C@H]3[C@H](CCCCO)[C@@H](CCCCO)C=C1[C@H]32. The second-order valence-corrected chi connectivity index (χ2v) is 11.9. The molecule has 14 heteroatoms. The van der Waals surface area contributed by atoms with E-state index in [0.29, 0.717) is 41.9 Å². The molecule has 14 nitrogen and oxygen atoms in total. The maximum absolute atomic E-state index is 13.1. The van der Waals surface area contributed by atoms with Crippen LogP contribution in [-0.4, -0.2) is 92.9 Å². The van der Waals surface area contributed by atoms with Crippen LogP contribution in [0.5, 0.6) is 11.5 Å². The van der Waals surface area contributed by atoms with Crippen LogP contribution >= 0.6 is 0 Å². The molecule has 2 aromatic rings. The number of rotatable bonds is 13. The lowest BCUT2D eigenvalue weighted by molar-refractivity contribution is -0.225. The molecule has 0 amide bonds. The van der Waals surface area contributed by atoms with Crippen molar-refractivity contribution in [2.24, 2.45) is 22.9 Å². The topological polar surface area (TPSA) is 195 Å². The Balaban J connectivity index is 1.76. The van der Waals surface area contributed by atoms with Gasteiger partial charge in [-0.15, -0.1) is 5.10 Å². The average molecular weight is 643 g/mol. The summed E-state index contributed by atoms with van der Waals surface area (Å²) in [5, 5.41) is 55.2. The number of nitrogens with zero attached hydrogens (tertiary/aromatic N) is 4. The summed E-state index contributed by atoms with van der Waals surface area (Å²) in [6.07, 6.45) is 6.28. The summed E-state index contributed by atoms with van der Waals surface area (Å²) in [4.78, 5) is 31.3. The summed E-state index contributed by atoms with van der Waals surface area (Å²) < 4.78 is 17.5. The molecule has 2 aliphatic carbocycles. The van der Waals surface area contributed by atoms with Gasteiger partial charge in [0.1, 0.15) is 24.1 Å². The molecule has 250 valence electrons. The van der Waals surface area contributed by atoms with Gasteiger partial charge in [0.25, 0.3) is 0 Å². The smallest absolute Gasteiger partial charge is 0.361 e. The number of hydrogen-bond donors (Lipinski definition) is 4. The molecule has 2 heterocycles. The Kier molecular flexibility index (Phi) is 10.3. The van der Waals surface area contributed by atoms with Gasteiger partial charge in [-0.2, -0.15) is 0 Å². The number of phenols is 1. The number of carbonyl (C=O) groups is 2. The predicted octanol–water partition coefficient (Wildman–Crippen LogP) is 2.87. The van der Waals surface area contributed by atoms with Gasteiger partial charge in [-0.3, -0.25) is 0 Å². The summed E-state index contributed by atoms with van der Waals surface area (Å²) in [7, 11) is 2.31. The van der Waals surface area contributed by atoms with E-state index in [1.54, 1.807) is 19.1 Å². The normalized spacial score (nSPS) is 27.2. The first-order valence-corrected chi connectivity index (χ1v) is 15.7. The molecule has 6 atom stereocenters. The van der Waals surface area contributed by atoms with Gasteiger partial charge in [0.2, 0.25) is 11.5 Å². The van der Waals surface area contributed by atoms with E-state index in [1.807, 2.05) is 0 Å². The number of methoxy groups -OCH3 is 2. The third-order valence-electron chi connectivity index (χ3n) is 9.31. The van der Waals surface area contributed by atoms with Crippen LogP contribution in [0, 0.1) is 17.8 Å². The third-order valence-corrected chi connectivity index (χ3v) is 9.31. The van der Waals surface area contributed by atoms with E-state index in [0.717, 1.165) is 38.2 Å². The van der Waals surface area contributed by atoms with Crippen molar-refractivity contribution in [3.05, 3.63) is 46.8 Å². The van der Waals surface area contributed by atoms with Crippen molar-refractivity contribution in [1.82, 2.24) is 15.0 Å². The van der Waals surface area contributed by atoms with Gasteiger partial charge in [0.05, 0.1) is 25.8 Å². The molecule has 1 saturated carbocycles. The first kappa shape index (κ1) is 33.4. The van der Waals surface area contributed by atoms with Crippen LogP contribution in [0.25, 0.3) is 0 Å². The number of aliphatic hydroxyl groups excluding tert-OH is 2. The average Bonchev–Trinajstić information content (AvgIpc) is 3.49. The number of aromatic nitrogens is 3. The number of unbranched alkanes of at least 4 members (excludes halogenated alkanes) is 2. The molecule has 0 bridgehead atoms. The summed E-state index contributed by atoms with van der Waals surface area (Å²) >= 11 is 0. The van der Waals surface area contributed by atoms with E-state index < -0.39 is 35.6 Å². The zero-order chi connectivity index (χ0) is 33.0. The highest BCUT2D eigenvalue weighted by Gasteiger charge is 2.64. The van der Waals surface area contributed by atoms with E-state index in [9.17, 15) is 30.0 Å². The number of phenolic OH excluding ortho intramolecular Hbond substituents is 1. The Bertz CT molecular complexity index is 1490. The molecular weight excluding hydrogens is 600 g/mol. The largest absolute Gasteiger partial charge is 0.508 e. The van der Waals surface area contributed by atoms with Gasteiger partial charge >= 0.3 is 11.9 Å². The van der Waals surface area contributed by atoms with Gasteiger partial charge in [-0.05, 0) is 68.2 Å². The zero-order valence-corrected chi connectivity index (χ0v) is 26.3. The standard InChI is InChI=1S/C32H42N4O10/c1-4-45-34-23-17-25(36-29(31(41)44-3)28(33-35-36)30(40)43-2)32(42)27-21(23)15-18(9-5-7-13-37)20(10-6-8-14-38)26(27)22-16-19(39)11-12-24(22)46-32/h11-12,15-16,18,20,25-27,37-39,42H,4-10,13-14,17H2,1-3H3/t18-,20+,25-,26+,27+,32+/m0/s1. The monoisotopic (exact) mass is 642 g/mol. The molecule has 0 radical (unpaired) electrons. The number of fused-ring (bicyclic) bond motifs is 2. The molecule has 1 aliphatic heterocycles. The van der Waals surface area contributed by atoms with Crippen LogP contribution < -0.4 is 4.74 Å². The summed E-state index contributed by atoms with van der Waals surface area (Å²) in [5.41, 5.74) is 1.23. The Labute approximate surface area is 266 Å². The van der Waals surface area contributed by atoms with Crippen molar-refractivity contribution in [1.29, 1.82) is 0 Å².